The summed E-state index contributed by atoms with van der Waals surface area (Å²) in [5.41, 5.74) is 8.25. The summed E-state index contributed by atoms with van der Waals surface area (Å²) in [5, 5.41) is 2.21. The SMILES string of the molecule is CCN(CC)C(C(=O)N1CCCC1c1ncc(-c2ccc(-c3ccc4c(ccc5[nH]c(C6C[Si](C)(C)CN6C(=O)C(c6ccccc6)N(CC)CC)nc54)c3)cc2)[nH]1)c1ccccc1. The number of amides is 2. The highest BCUT2D eigenvalue weighted by molar-refractivity contribution is 6.78. The Hall–Kier alpha value is -5.88. The van der Waals surface area contributed by atoms with Crippen LogP contribution in [0, 0.1) is 0 Å². The lowest BCUT2D eigenvalue weighted by Crippen LogP contribution is -2.44. The monoisotopic (exact) mass is 870 g/mol. The molecule has 2 aliphatic rings. The molecule has 4 heterocycles. The van der Waals surface area contributed by atoms with Crippen LogP contribution in [0.3, 0.4) is 0 Å². The number of benzene rings is 5. The van der Waals surface area contributed by atoms with E-state index in [1.54, 1.807) is 0 Å². The highest BCUT2D eigenvalue weighted by atomic mass is 28.3. The van der Waals surface area contributed by atoms with Gasteiger partial charge in [0.15, 0.2) is 0 Å². The molecular weight excluding hydrogens is 809 g/mol. The fraction of sp³-hybridized carbons (Fsp3) is 0.358. The molecule has 4 atom stereocenters. The number of aromatic nitrogens is 4. The number of likely N-dealkylation sites (tertiary alicyclic amines) is 1. The van der Waals surface area contributed by atoms with E-state index in [-0.39, 0.29) is 36.0 Å². The van der Waals surface area contributed by atoms with Crippen LogP contribution in [0.25, 0.3) is 44.2 Å². The number of nitrogens with zero attached hydrogens (tertiary/aromatic N) is 6. The van der Waals surface area contributed by atoms with Crippen LogP contribution >= 0.6 is 0 Å². The van der Waals surface area contributed by atoms with Crippen LogP contribution in [0.5, 0.6) is 0 Å². The number of fused-ring (bicyclic) bond motifs is 3. The number of carbonyl (C=O) groups excluding carboxylic acids is 2. The topological polar surface area (TPSA) is 104 Å². The number of imidazole rings is 2. The zero-order chi connectivity index (χ0) is 44.5. The predicted molar refractivity (Wildman–Crippen MR) is 261 cm³/mol. The number of hydrogen-bond acceptors (Lipinski definition) is 6. The zero-order valence-corrected chi connectivity index (χ0v) is 39.2. The number of nitrogens with one attached hydrogen (secondary N) is 2. The maximum atomic E-state index is 14.7. The van der Waals surface area contributed by atoms with Crippen LogP contribution in [-0.2, 0) is 9.59 Å². The van der Waals surface area contributed by atoms with Gasteiger partial charge in [-0.1, -0.05) is 144 Å². The Morgan fingerprint density at radius 1 is 0.688 bits per heavy atom. The third-order valence-corrected chi connectivity index (χ3v) is 16.5. The van der Waals surface area contributed by atoms with Crippen molar-refractivity contribution < 1.29 is 9.59 Å². The van der Waals surface area contributed by atoms with Crippen molar-refractivity contribution in [1.29, 1.82) is 0 Å². The molecule has 11 heteroatoms. The molecule has 2 aromatic heterocycles. The fourth-order valence-corrected chi connectivity index (χ4v) is 13.4. The summed E-state index contributed by atoms with van der Waals surface area (Å²) < 4.78 is 0. The van der Waals surface area contributed by atoms with E-state index in [1.165, 1.54) is 0 Å². The van der Waals surface area contributed by atoms with E-state index >= 15 is 0 Å². The van der Waals surface area contributed by atoms with Crippen molar-refractivity contribution in [1.82, 2.24) is 39.5 Å². The third-order valence-electron chi connectivity index (χ3n) is 13.8. The lowest BCUT2D eigenvalue weighted by Gasteiger charge is -2.34. The van der Waals surface area contributed by atoms with Crippen molar-refractivity contribution in [3.63, 3.8) is 0 Å². The smallest absolute Gasteiger partial charge is 0.245 e. The first-order valence-corrected chi connectivity index (χ1v) is 26.8. The average molecular weight is 871 g/mol. The Bertz CT molecular complexity index is 2720. The summed E-state index contributed by atoms with van der Waals surface area (Å²) in [7, 11) is -1.71. The van der Waals surface area contributed by atoms with Crippen molar-refractivity contribution in [2.45, 2.75) is 83.8 Å². The Kier molecular flexibility index (Phi) is 12.4. The van der Waals surface area contributed by atoms with Gasteiger partial charge in [0.1, 0.15) is 23.7 Å². The lowest BCUT2D eigenvalue weighted by atomic mass is 9.99. The number of aromatic amines is 2. The minimum absolute atomic E-state index is 0.0882. The van der Waals surface area contributed by atoms with Gasteiger partial charge in [0.2, 0.25) is 11.8 Å². The molecule has 0 saturated carbocycles. The van der Waals surface area contributed by atoms with Crippen molar-refractivity contribution >= 4 is 41.7 Å². The molecule has 0 spiro atoms. The first kappa shape index (κ1) is 43.4. The van der Waals surface area contributed by atoms with E-state index < -0.39 is 8.07 Å². The Morgan fingerprint density at radius 3 is 1.91 bits per heavy atom. The van der Waals surface area contributed by atoms with E-state index in [2.05, 4.69) is 144 Å². The van der Waals surface area contributed by atoms with E-state index in [0.717, 1.165) is 125 Å². The second-order valence-electron chi connectivity index (χ2n) is 18.4. The zero-order valence-electron chi connectivity index (χ0n) is 38.2. The molecule has 2 N–H and O–H groups in total. The predicted octanol–water partition coefficient (Wildman–Crippen LogP) is 10.7. The van der Waals surface area contributed by atoms with E-state index in [1.807, 2.05) is 47.5 Å². The maximum absolute atomic E-state index is 14.7. The van der Waals surface area contributed by atoms with Gasteiger partial charge in [0.05, 0.1) is 43.1 Å². The number of H-pyrrole nitrogens is 2. The summed E-state index contributed by atoms with van der Waals surface area (Å²) in [6.07, 6.45) is 4.55. The molecule has 7 aromatic rings. The van der Waals surface area contributed by atoms with Gasteiger partial charge in [-0.2, -0.15) is 0 Å². The fourth-order valence-electron chi connectivity index (χ4n) is 10.5. The maximum Gasteiger partial charge on any atom is 0.245 e. The molecule has 0 bridgehead atoms. The van der Waals surface area contributed by atoms with Gasteiger partial charge in [-0.05, 0) is 90.4 Å². The first-order valence-electron chi connectivity index (χ1n) is 23.4. The number of carbonyl (C=O) groups is 2. The number of hydrogen-bond donors (Lipinski definition) is 2. The quantitative estimate of drug-likeness (QED) is 0.106. The van der Waals surface area contributed by atoms with Crippen LogP contribution in [0.4, 0.5) is 0 Å². The van der Waals surface area contributed by atoms with Gasteiger partial charge in [-0.25, -0.2) is 9.97 Å². The van der Waals surface area contributed by atoms with Gasteiger partial charge in [0.25, 0.3) is 0 Å². The van der Waals surface area contributed by atoms with Gasteiger partial charge >= 0.3 is 0 Å². The summed E-state index contributed by atoms with van der Waals surface area (Å²) in [6, 6.07) is 40.1. The van der Waals surface area contributed by atoms with Crippen LogP contribution in [0.15, 0.2) is 121 Å². The minimum Gasteiger partial charge on any atom is -0.340 e. The molecule has 2 amide bonds. The van der Waals surface area contributed by atoms with Crippen LogP contribution in [0.2, 0.25) is 19.1 Å². The Balaban J connectivity index is 0.939. The molecule has 2 saturated heterocycles. The number of rotatable bonds is 14. The summed E-state index contributed by atoms with van der Waals surface area (Å²) >= 11 is 0. The van der Waals surface area contributed by atoms with Crippen LogP contribution < -0.4 is 0 Å². The molecule has 2 fully saturated rings. The molecule has 0 aliphatic carbocycles. The molecular formula is C53H62N8O2Si. The molecule has 330 valence electrons. The summed E-state index contributed by atoms with van der Waals surface area (Å²) in [4.78, 5) is 55.2. The van der Waals surface area contributed by atoms with Gasteiger partial charge in [-0.15, -0.1) is 0 Å². The highest BCUT2D eigenvalue weighted by Gasteiger charge is 2.46. The Labute approximate surface area is 378 Å². The molecule has 2 aliphatic heterocycles. The molecule has 4 unspecified atom stereocenters. The normalized spacial score (nSPS) is 18.4. The van der Waals surface area contributed by atoms with E-state index in [9.17, 15) is 9.59 Å². The molecule has 64 heavy (non-hydrogen) atoms. The van der Waals surface area contributed by atoms with Crippen molar-refractivity contribution in [3.8, 4) is 22.4 Å². The first-order chi connectivity index (χ1) is 31.1. The van der Waals surface area contributed by atoms with Gasteiger partial charge in [-0.3, -0.25) is 19.4 Å². The minimum atomic E-state index is -1.71. The van der Waals surface area contributed by atoms with Gasteiger partial charge in [0, 0.05) is 18.1 Å². The van der Waals surface area contributed by atoms with Crippen LogP contribution in [-0.4, -0.2) is 98.3 Å². The molecule has 9 rings (SSSR count). The van der Waals surface area contributed by atoms with E-state index in [0.29, 0.717) is 0 Å². The Morgan fingerprint density at radius 2 is 1.28 bits per heavy atom. The van der Waals surface area contributed by atoms with Crippen molar-refractivity contribution in [2.75, 3.05) is 38.9 Å². The number of likely N-dealkylation sites (N-methyl/N-ethyl adjacent to an activating group) is 2. The largest absolute Gasteiger partial charge is 0.340 e. The second-order valence-corrected chi connectivity index (χ2v) is 23.4. The molecule has 5 aromatic carbocycles. The van der Waals surface area contributed by atoms with E-state index in [4.69, 9.17) is 9.97 Å². The lowest BCUT2D eigenvalue weighted by molar-refractivity contribution is -0.139. The second kappa shape index (κ2) is 18.3. The standard InChI is InChI=1S/C53H62N8O2Si/c1-7-58(8-2)48(38-18-13-11-14-19-38)52(62)60-31-17-22-45(60)50-54-33-44(56-50)37-25-23-36(24-26-37)40-27-29-42-41(32-40)28-30-43-47(42)57-51(55-43)46-34-64(5,6)35-61(46)53(63)49(59(9-3)10-4)39-20-15-12-16-21-39/h11-16,18-21,23-30,32-33,45-46,48-49H,7-10,17,22,31,34-35H2,1-6H3,(H,54,56)(H,55,57). The summed E-state index contributed by atoms with van der Waals surface area (Å²) in [5.74, 6) is 2.03. The summed E-state index contributed by atoms with van der Waals surface area (Å²) in [6.45, 7) is 17.2. The highest BCUT2D eigenvalue weighted by Crippen LogP contribution is 2.41. The van der Waals surface area contributed by atoms with Crippen molar-refractivity contribution in [2.24, 2.45) is 0 Å². The molecule has 10 nitrogen and oxygen atoms in total. The van der Waals surface area contributed by atoms with Crippen molar-refractivity contribution in [3.05, 3.63) is 144 Å². The van der Waals surface area contributed by atoms with Crippen LogP contribution in [0.1, 0.15) is 87.5 Å². The average Bonchev–Trinajstić information content (AvgIpc) is 4.16. The third kappa shape index (κ3) is 8.32. The van der Waals surface area contributed by atoms with Gasteiger partial charge < -0.3 is 19.8 Å². The molecule has 0 radical (unpaired) electrons.